The Hall–Kier alpha value is -4.18. The van der Waals surface area contributed by atoms with Gasteiger partial charge in [0.25, 0.3) is 0 Å². The van der Waals surface area contributed by atoms with Crippen molar-refractivity contribution in [2.75, 3.05) is 0 Å². The molecule has 0 saturated heterocycles. The maximum Gasteiger partial charge on any atom is 0.164 e. The van der Waals surface area contributed by atoms with Gasteiger partial charge in [-0.1, -0.05) is 84.9 Å². The summed E-state index contributed by atoms with van der Waals surface area (Å²) in [7, 11) is 0. The summed E-state index contributed by atoms with van der Waals surface area (Å²) in [4.78, 5) is 18.8. The summed E-state index contributed by atoms with van der Waals surface area (Å²) in [6.45, 7) is 4.04. The van der Waals surface area contributed by atoms with E-state index in [0.29, 0.717) is 17.5 Å². The summed E-state index contributed by atoms with van der Waals surface area (Å²) in [5.41, 5.74) is 7.21. The van der Waals surface area contributed by atoms with Gasteiger partial charge in [-0.25, -0.2) is 15.0 Å². The van der Waals surface area contributed by atoms with Crippen LogP contribution >= 0.6 is 0 Å². The van der Waals surface area contributed by atoms with Gasteiger partial charge in [-0.05, 0) is 37.1 Å². The summed E-state index contributed by atoms with van der Waals surface area (Å²) < 4.78 is 0. The summed E-state index contributed by atoms with van der Waals surface area (Å²) in [5.74, 6) is 1.99. The maximum absolute atomic E-state index is 4.80. The molecule has 0 N–H and O–H groups in total. The number of pyridine rings is 1. The molecule has 154 valence electrons. The van der Waals surface area contributed by atoms with Crippen molar-refractivity contribution < 1.29 is 0 Å². The van der Waals surface area contributed by atoms with Crippen molar-refractivity contribution in [3.8, 4) is 45.3 Å². The monoisotopic (exact) mass is 414 g/mol. The fraction of sp³-hybridized carbons (Fsp3) is 0.0714. The lowest BCUT2D eigenvalue weighted by molar-refractivity contribution is 1.07. The van der Waals surface area contributed by atoms with Gasteiger partial charge in [-0.15, -0.1) is 0 Å². The van der Waals surface area contributed by atoms with Crippen molar-refractivity contribution in [2.45, 2.75) is 13.8 Å². The van der Waals surface area contributed by atoms with Gasteiger partial charge < -0.3 is 0 Å². The summed E-state index contributed by atoms with van der Waals surface area (Å²) >= 11 is 0. The molecule has 0 fully saturated rings. The van der Waals surface area contributed by atoms with Crippen LogP contribution in [0.25, 0.3) is 45.3 Å². The topological polar surface area (TPSA) is 51.6 Å². The molecule has 2 aromatic heterocycles. The molecule has 0 spiro atoms. The number of nitrogens with zero attached hydrogens (tertiary/aromatic N) is 4. The van der Waals surface area contributed by atoms with Crippen LogP contribution in [0.4, 0.5) is 0 Å². The Morgan fingerprint density at radius 1 is 0.375 bits per heavy atom. The van der Waals surface area contributed by atoms with Crippen LogP contribution < -0.4 is 0 Å². The van der Waals surface area contributed by atoms with E-state index in [9.17, 15) is 0 Å². The van der Waals surface area contributed by atoms with E-state index in [0.717, 1.165) is 39.2 Å². The van der Waals surface area contributed by atoms with E-state index in [1.54, 1.807) is 0 Å². The van der Waals surface area contributed by atoms with Gasteiger partial charge >= 0.3 is 0 Å². The molecule has 32 heavy (non-hydrogen) atoms. The van der Waals surface area contributed by atoms with Crippen molar-refractivity contribution in [3.05, 3.63) is 108 Å². The lowest BCUT2D eigenvalue weighted by Gasteiger charge is -2.09. The number of hydrogen-bond acceptors (Lipinski definition) is 4. The lowest BCUT2D eigenvalue weighted by atomic mass is 10.0. The Morgan fingerprint density at radius 3 is 1.19 bits per heavy atom. The molecule has 5 rings (SSSR count). The first kappa shape index (κ1) is 19.8. The molecule has 0 atom stereocenters. The molecular formula is C28H22N4. The van der Waals surface area contributed by atoms with Crippen LogP contribution in [0, 0.1) is 13.8 Å². The molecule has 5 aromatic rings. The van der Waals surface area contributed by atoms with Crippen molar-refractivity contribution in [1.29, 1.82) is 0 Å². The number of aryl methyl sites for hydroxylation is 2. The fourth-order valence-corrected chi connectivity index (χ4v) is 3.75. The second-order valence-corrected chi connectivity index (χ2v) is 7.75. The number of rotatable bonds is 4. The van der Waals surface area contributed by atoms with Crippen LogP contribution in [0.1, 0.15) is 11.4 Å². The zero-order chi connectivity index (χ0) is 21.9. The van der Waals surface area contributed by atoms with Gasteiger partial charge in [-0.3, -0.25) is 4.98 Å². The van der Waals surface area contributed by atoms with Crippen molar-refractivity contribution in [3.63, 3.8) is 0 Å². The van der Waals surface area contributed by atoms with Crippen LogP contribution in [0.3, 0.4) is 0 Å². The van der Waals surface area contributed by atoms with Crippen LogP contribution in [-0.4, -0.2) is 19.9 Å². The molecule has 0 unspecified atom stereocenters. The quantitative estimate of drug-likeness (QED) is 0.334. The third-order valence-electron chi connectivity index (χ3n) is 5.26. The van der Waals surface area contributed by atoms with Crippen LogP contribution in [0.5, 0.6) is 0 Å². The third kappa shape index (κ3) is 4.16. The molecule has 0 aliphatic heterocycles. The minimum absolute atomic E-state index is 0.659. The smallest absolute Gasteiger partial charge is 0.164 e. The average molecular weight is 415 g/mol. The highest BCUT2D eigenvalue weighted by molar-refractivity contribution is 5.70. The van der Waals surface area contributed by atoms with Gasteiger partial charge in [0.2, 0.25) is 0 Å². The van der Waals surface area contributed by atoms with E-state index in [1.807, 2.05) is 74.5 Å². The normalized spacial score (nSPS) is 10.8. The molecule has 3 aromatic carbocycles. The van der Waals surface area contributed by atoms with Crippen molar-refractivity contribution in [2.24, 2.45) is 0 Å². The Labute approximate surface area is 187 Å². The zero-order valence-electron chi connectivity index (χ0n) is 18.0. The predicted molar refractivity (Wildman–Crippen MR) is 129 cm³/mol. The van der Waals surface area contributed by atoms with Gasteiger partial charge in [0.15, 0.2) is 17.5 Å². The first-order chi connectivity index (χ1) is 15.7. The Bertz CT molecular complexity index is 1280. The highest BCUT2D eigenvalue weighted by atomic mass is 15.0. The number of aromatic nitrogens is 4. The molecule has 4 heteroatoms. The highest BCUT2D eigenvalue weighted by Gasteiger charge is 2.12. The molecule has 2 heterocycles. The van der Waals surface area contributed by atoms with Crippen molar-refractivity contribution >= 4 is 0 Å². The lowest BCUT2D eigenvalue weighted by Crippen LogP contribution is -2.00. The molecule has 0 radical (unpaired) electrons. The van der Waals surface area contributed by atoms with E-state index in [4.69, 9.17) is 15.0 Å². The largest absolute Gasteiger partial charge is 0.258 e. The second kappa shape index (κ2) is 8.52. The maximum atomic E-state index is 4.80. The molecule has 0 aliphatic rings. The first-order valence-electron chi connectivity index (χ1n) is 10.6. The Balaban J connectivity index is 1.59. The summed E-state index contributed by atoms with van der Waals surface area (Å²) in [5, 5.41) is 0. The van der Waals surface area contributed by atoms with E-state index >= 15 is 0 Å². The van der Waals surface area contributed by atoms with Crippen LogP contribution in [0.15, 0.2) is 97.1 Å². The predicted octanol–water partition coefficient (Wildman–Crippen LogP) is 6.55. The van der Waals surface area contributed by atoms with E-state index in [-0.39, 0.29) is 0 Å². The minimum Gasteiger partial charge on any atom is -0.258 e. The third-order valence-corrected chi connectivity index (χ3v) is 5.26. The number of hydrogen-bond donors (Lipinski definition) is 0. The van der Waals surface area contributed by atoms with Crippen LogP contribution in [-0.2, 0) is 0 Å². The van der Waals surface area contributed by atoms with Crippen molar-refractivity contribution in [1.82, 2.24) is 19.9 Å². The Morgan fingerprint density at radius 2 is 0.750 bits per heavy atom. The number of benzene rings is 3. The van der Waals surface area contributed by atoms with Gasteiger partial charge in [0, 0.05) is 28.1 Å². The molecular weight excluding hydrogens is 392 g/mol. The van der Waals surface area contributed by atoms with E-state index in [2.05, 4.69) is 41.4 Å². The second-order valence-electron chi connectivity index (χ2n) is 7.75. The summed E-state index contributed by atoms with van der Waals surface area (Å²) in [6, 6.07) is 32.6. The van der Waals surface area contributed by atoms with Gasteiger partial charge in [0.1, 0.15) is 0 Å². The summed E-state index contributed by atoms with van der Waals surface area (Å²) in [6.07, 6.45) is 0. The molecule has 0 aliphatic carbocycles. The minimum atomic E-state index is 0.659. The molecule has 0 saturated carbocycles. The molecule has 0 bridgehead atoms. The SMILES string of the molecule is Cc1cc(-c2ccc(-c3nc(-c4ccccc4)nc(-c4ccccc4)n3)cc2)cc(C)n1. The van der Waals surface area contributed by atoms with Gasteiger partial charge in [0.05, 0.1) is 0 Å². The molecule has 4 nitrogen and oxygen atoms in total. The standard InChI is InChI=1S/C28H22N4/c1-19-17-25(18-20(2)29-19)21-13-15-24(16-14-21)28-31-26(22-9-5-3-6-10-22)30-27(32-28)23-11-7-4-8-12-23/h3-18H,1-2H3. The van der Waals surface area contributed by atoms with Crippen LogP contribution in [0.2, 0.25) is 0 Å². The Kier molecular flexibility index (Phi) is 5.26. The highest BCUT2D eigenvalue weighted by Crippen LogP contribution is 2.27. The molecule has 0 amide bonds. The first-order valence-corrected chi connectivity index (χ1v) is 10.6. The van der Waals surface area contributed by atoms with E-state index < -0.39 is 0 Å². The van der Waals surface area contributed by atoms with Gasteiger partial charge in [-0.2, -0.15) is 0 Å². The average Bonchev–Trinajstić information content (AvgIpc) is 2.84. The zero-order valence-corrected chi connectivity index (χ0v) is 18.0. The fourth-order valence-electron chi connectivity index (χ4n) is 3.75. The van der Waals surface area contributed by atoms with E-state index in [1.165, 1.54) is 0 Å².